The molecule has 6 amide bonds. The first-order chi connectivity index (χ1) is 25.6. The van der Waals surface area contributed by atoms with Crippen molar-refractivity contribution in [3.63, 3.8) is 0 Å². The van der Waals surface area contributed by atoms with Crippen LogP contribution in [0.15, 0.2) is 131 Å². The second-order valence-corrected chi connectivity index (χ2v) is 14.3. The van der Waals surface area contributed by atoms with Crippen molar-refractivity contribution in [2.45, 2.75) is 23.6 Å². The Morgan fingerprint density at radius 1 is 0.407 bits per heavy atom. The minimum absolute atomic E-state index is 0.154. The number of hydrogen-bond donors (Lipinski definition) is 6. The largest absolute Gasteiger partial charge is 0.379 e. The summed E-state index contributed by atoms with van der Waals surface area (Å²) in [5.74, 6) is -0.968. The minimum Gasteiger partial charge on any atom is -0.379 e. The van der Waals surface area contributed by atoms with Crippen LogP contribution in [0, 0.1) is 0 Å². The maximum Gasteiger partial charge on any atom is 0.340 e. The van der Waals surface area contributed by atoms with Crippen LogP contribution in [0.3, 0.4) is 0 Å². The first-order valence-electron chi connectivity index (χ1n) is 15.7. The van der Waals surface area contributed by atoms with E-state index in [0.717, 1.165) is 12.1 Å². The molecular formula is C36H32N6O10S2. The average Bonchev–Trinajstić information content (AvgIpc) is 3.09. The molecule has 0 radical (unpaired) electrons. The summed E-state index contributed by atoms with van der Waals surface area (Å²) in [5.41, 5.74) is 2.20. The molecule has 0 aromatic heterocycles. The summed E-state index contributed by atoms with van der Waals surface area (Å²) < 4.78 is 64.3. The van der Waals surface area contributed by atoms with E-state index in [1.54, 1.807) is 48.5 Å². The standard InChI is InChI=1S/C36H32N6O10S2/c1-23(43)37-25-13-17-27(18-14-25)39-35(45)41-29-7-5-9-31(21-29)51-53(47,48)33-11-3-4-12-34(33)54(49,50)52-32-10-6-8-30(22-32)42-36(46)40-28-19-15-26(16-20-28)38-24(2)44/h3-22H,1-2H3,(H,37,43)(H,38,44)(H2,39,41,45)(H2,40,42,46). The van der Waals surface area contributed by atoms with Gasteiger partial charge in [0.25, 0.3) is 0 Å². The molecular weight excluding hydrogens is 741 g/mol. The highest BCUT2D eigenvalue weighted by atomic mass is 32.2. The van der Waals surface area contributed by atoms with Crippen molar-refractivity contribution in [2.24, 2.45) is 0 Å². The SMILES string of the molecule is CC(=O)Nc1ccc(NC(=O)Nc2cccc(OS(=O)(=O)c3ccccc3S(=O)(=O)Oc3cccc(NC(=O)Nc4ccc(NC(C)=O)cc4)c3)c2)cc1. The lowest BCUT2D eigenvalue weighted by atomic mass is 10.2. The summed E-state index contributed by atoms with van der Waals surface area (Å²) >= 11 is 0. The number of rotatable bonds is 12. The molecule has 0 unspecified atom stereocenters. The maximum absolute atomic E-state index is 13.4. The fourth-order valence-electron chi connectivity index (χ4n) is 4.72. The predicted molar refractivity (Wildman–Crippen MR) is 202 cm³/mol. The van der Waals surface area contributed by atoms with E-state index in [9.17, 15) is 36.0 Å². The zero-order valence-corrected chi connectivity index (χ0v) is 30.1. The molecule has 0 bridgehead atoms. The number of nitrogens with one attached hydrogen (secondary N) is 6. The Hall–Kier alpha value is -6.92. The van der Waals surface area contributed by atoms with Crippen LogP contribution < -0.4 is 40.3 Å². The molecule has 5 rings (SSSR count). The van der Waals surface area contributed by atoms with E-state index in [1.807, 2.05) is 0 Å². The molecule has 0 atom stereocenters. The van der Waals surface area contributed by atoms with Crippen molar-refractivity contribution in [2.75, 3.05) is 31.9 Å². The number of benzene rings is 5. The fourth-order valence-corrected chi connectivity index (χ4v) is 7.35. The number of anilines is 6. The van der Waals surface area contributed by atoms with Crippen molar-refractivity contribution in [3.05, 3.63) is 121 Å². The molecule has 5 aromatic carbocycles. The monoisotopic (exact) mass is 772 g/mol. The minimum atomic E-state index is -4.79. The summed E-state index contributed by atoms with van der Waals surface area (Å²) in [5, 5.41) is 15.5. The zero-order chi connectivity index (χ0) is 38.9. The Kier molecular flexibility index (Phi) is 11.8. The van der Waals surface area contributed by atoms with Crippen molar-refractivity contribution in [1.82, 2.24) is 0 Å². The van der Waals surface area contributed by atoms with Crippen LogP contribution in [0.25, 0.3) is 0 Å². The zero-order valence-electron chi connectivity index (χ0n) is 28.4. The van der Waals surface area contributed by atoms with Crippen LogP contribution >= 0.6 is 0 Å². The van der Waals surface area contributed by atoms with E-state index >= 15 is 0 Å². The molecule has 0 aliphatic heterocycles. The average molecular weight is 773 g/mol. The highest BCUT2D eigenvalue weighted by Gasteiger charge is 2.30. The first kappa shape index (κ1) is 38.3. The van der Waals surface area contributed by atoms with Gasteiger partial charge in [0.2, 0.25) is 11.8 Å². The molecule has 0 spiro atoms. The lowest BCUT2D eigenvalue weighted by Gasteiger charge is -2.14. The lowest BCUT2D eigenvalue weighted by Crippen LogP contribution is -2.20. The lowest BCUT2D eigenvalue weighted by molar-refractivity contribution is -0.115. The molecule has 18 heteroatoms. The van der Waals surface area contributed by atoms with Gasteiger partial charge in [-0.2, -0.15) is 16.8 Å². The van der Waals surface area contributed by atoms with Crippen LogP contribution in [0.5, 0.6) is 11.5 Å². The van der Waals surface area contributed by atoms with Crippen molar-refractivity contribution < 1.29 is 44.4 Å². The molecule has 0 saturated carbocycles. The van der Waals surface area contributed by atoms with Crippen molar-refractivity contribution in [1.29, 1.82) is 0 Å². The van der Waals surface area contributed by atoms with Gasteiger partial charge in [0.05, 0.1) is 0 Å². The van der Waals surface area contributed by atoms with E-state index in [4.69, 9.17) is 8.37 Å². The Bertz CT molecular complexity index is 2250. The smallest absolute Gasteiger partial charge is 0.340 e. The van der Waals surface area contributed by atoms with Gasteiger partial charge in [-0.25, -0.2) is 9.59 Å². The Morgan fingerprint density at radius 2 is 0.722 bits per heavy atom. The number of carbonyl (C=O) groups is 4. The molecule has 6 N–H and O–H groups in total. The second kappa shape index (κ2) is 16.6. The van der Waals surface area contributed by atoms with Crippen LogP contribution in [-0.4, -0.2) is 40.7 Å². The fraction of sp³-hybridized carbons (Fsp3) is 0.0556. The number of urea groups is 2. The molecule has 0 aliphatic rings. The van der Waals surface area contributed by atoms with Crippen LogP contribution in [0.1, 0.15) is 13.8 Å². The van der Waals surface area contributed by atoms with Crippen molar-refractivity contribution in [3.8, 4) is 11.5 Å². The van der Waals surface area contributed by atoms with Gasteiger partial charge >= 0.3 is 32.3 Å². The van der Waals surface area contributed by atoms with Gasteiger partial charge in [-0.15, -0.1) is 0 Å². The molecule has 0 saturated heterocycles. The third-order valence-electron chi connectivity index (χ3n) is 6.91. The molecule has 5 aromatic rings. The molecule has 54 heavy (non-hydrogen) atoms. The summed E-state index contributed by atoms with van der Waals surface area (Å²) in [6.45, 7) is 2.73. The Labute approximate surface area is 310 Å². The van der Waals surface area contributed by atoms with E-state index in [2.05, 4.69) is 31.9 Å². The Balaban J connectivity index is 1.24. The van der Waals surface area contributed by atoms with Crippen LogP contribution in [-0.2, 0) is 29.8 Å². The highest BCUT2D eigenvalue weighted by molar-refractivity contribution is 7.90. The third kappa shape index (κ3) is 10.8. The highest BCUT2D eigenvalue weighted by Crippen LogP contribution is 2.29. The van der Waals surface area contributed by atoms with Gasteiger partial charge in [-0.05, 0) is 84.9 Å². The van der Waals surface area contributed by atoms with Gasteiger partial charge in [0.1, 0.15) is 21.3 Å². The second-order valence-electron chi connectivity index (χ2n) is 11.3. The summed E-state index contributed by atoms with van der Waals surface area (Å²) in [6.07, 6.45) is 0. The first-order valence-corrected chi connectivity index (χ1v) is 18.6. The van der Waals surface area contributed by atoms with Gasteiger partial charge in [-0.3, -0.25) is 9.59 Å². The molecule has 278 valence electrons. The quantitative estimate of drug-likeness (QED) is 0.0762. The van der Waals surface area contributed by atoms with Gasteiger partial charge in [-0.1, -0.05) is 24.3 Å². The van der Waals surface area contributed by atoms with Crippen molar-refractivity contribution >= 4 is 78.2 Å². The summed E-state index contributed by atoms with van der Waals surface area (Å²) in [7, 11) is -9.58. The molecule has 16 nitrogen and oxygen atoms in total. The summed E-state index contributed by atoms with van der Waals surface area (Å²) in [4.78, 5) is 46.2. The van der Waals surface area contributed by atoms with Gasteiger partial charge < -0.3 is 40.3 Å². The van der Waals surface area contributed by atoms with E-state index in [0.29, 0.717) is 22.7 Å². The maximum atomic E-state index is 13.4. The molecule has 0 aliphatic carbocycles. The Morgan fingerprint density at radius 3 is 1.06 bits per heavy atom. The van der Waals surface area contributed by atoms with Crippen LogP contribution in [0.4, 0.5) is 43.7 Å². The predicted octanol–water partition coefficient (Wildman–Crippen LogP) is 6.43. The van der Waals surface area contributed by atoms with Crippen LogP contribution in [0.2, 0.25) is 0 Å². The third-order valence-corrected chi connectivity index (χ3v) is 9.65. The van der Waals surface area contributed by atoms with E-state index in [-0.39, 0.29) is 34.7 Å². The number of hydrogen-bond acceptors (Lipinski definition) is 10. The molecule has 0 fully saturated rings. The normalized spacial score (nSPS) is 11.0. The number of amides is 6. The van der Waals surface area contributed by atoms with E-state index < -0.39 is 42.1 Å². The topological polar surface area (TPSA) is 227 Å². The number of carbonyl (C=O) groups excluding carboxylic acids is 4. The van der Waals surface area contributed by atoms with E-state index in [1.165, 1.54) is 74.5 Å². The van der Waals surface area contributed by atoms with Gasteiger partial charge in [0, 0.05) is 60.1 Å². The summed E-state index contributed by atoms with van der Waals surface area (Å²) in [6, 6.07) is 26.8. The van der Waals surface area contributed by atoms with Gasteiger partial charge in [0.15, 0.2) is 0 Å². The molecule has 0 heterocycles.